The molecule has 1 aromatic heterocycles. The second-order valence-corrected chi connectivity index (χ2v) is 9.28. The molecule has 0 unspecified atom stereocenters. The normalized spacial score (nSPS) is 18.0. The van der Waals surface area contributed by atoms with Crippen molar-refractivity contribution in [1.82, 2.24) is 14.8 Å². The fourth-order valence-corrected chi connectivity index (χ4v) is 4.99. The van der Waals surface area contributed by atoms with E-state index in [-0.39, 0.29) is 24.0 Å². The van der Waals surface area contributed by atoms with Crippen LogP contribution >= 0.6 is 35.3 Å². The molecule has 1 aromatic carbocycles. The van der Waals surface area contributed by atoms with Gasteiger partial charge in [0.2, 0.25) is 0 Å². The van der Waals surface area contributed by atoms with Crippen molar-refractivity contribution in [3.05, 3.63) is 41.4 Å². The van der Waals surface area contributed by atoms with Gasteiger partial charge < -0.3 is 20.4 Å². The molecular weight excluding hydrogens is 533 g/mol. The van der Waals surface area contributed by atoms with Gasteiger partial charge in [-0.25, -0.2) is 4.98 Å². The van der Waals surface area contributed by atoms with Gasteiger partial charge >= 0.3 is 0 Å². The third kappa shape index (κ3) is 6.95. The van der Waals surface area contributed by atoms with E-state index in [0.717, 1.165) is 77.0 Å². The molecule has 2 N–H and O–H groups in total. The number of benzene rings is 1. The highest BCUT2D eigenvalue weighted by molar-refractivity contribution is 14.0. The molecule has 32 heavy (non-hydrogen) atoms. The van der Waals surface area contributed by atoms with Crippen LogP contribution < -0.4 is 15.5 Å². The van der Waals surface area contributed by atoms with Crippen LogP contribution in [0.25, 0.3) is 0 Å². The van der Waals surface area contributed by atoms with Crippen LogP contribution in [0.5, 0.6) is 0 Å². The third-order valence-corrected chi connectivity index (χ3v) is 7.02. The van der Waals surface area contributed by atoms with Crippen molar-refractivity contribution in [3.63, 3.8) is 0 Å². The molecular formula is C23H36IN7S. The Morgan fingerprint density at radius 2 is 1.78 bits per heavy atom. The minimum absolute atomic E-state index is 0. The third-order valence-electron chi connectivity index (χ3n) is 6.19. The summed E-state index contributed by atoms with van der Waals surface area (Å²) in [5.41, 5.74) is 8.94. The van der Waals surface area contributed by atoms with Crippen molar-refractivity contribution < 1.29 is 0 Å². The number of halogens is 1. The number of aryl methyl sites for hydroxylation is 1. The Bertz CT molecular complexity index is 829. The molecule has 0 spiro atoms. The molecule has 9 heteroatoms. The lowest BCUT2D eigenvalue weighted by Gasteiger charge is -2.36. The quantitative estimate of drug-likeness (QED) is 0.240. The maximum Gasteiger partial charge on any atom is 0.191 e. The van der Waals surface area contributed by atoms with Crippen LogP contribution in [0.3, 0.4) is 0 Å². The van der Waals surface area contributed by atoms with Gasteiger partial charge in [0, 0.05) is 76.2 Å². The molecule has 7 nitrogen and oxygen atoms in total. The number of anilines is 2. The van der Waals surface area contributed by atoms with Crippen LogP contribution in [-0.4, -0.2) is 86.2 Å². The highest BCUT2D eigenvalue weighted by Crippen LogP contribution is 2.19. The van der Waals surface area contributed by atoms with E-state index >= 15 is 0 Å². The number of rotatable bonds is 7. The maximum absolute atomic E-state index is 6.25. The van der Waals surface area contributed by atoms with E-state index in [9.17, 15) is 0 Å². The average Bonchev–Trinajstić information content (AvgIpc) is 3.34. The first-order valence-corrected chi connectivity index (χ1v) is 12.3. The Kier molecular flexibility index (Phi) is 9.86. The van der Waals surface area contributed by atoms with Crippen LogP contribution in [0.15, 0.2) is 40.8 Å². The van der Waals surface area contributed by atoms with Gasteiger partial charge in [0.15, 0.2) is 11.1 Å². The van der Waals surface area contributed by atoms with Gasteiger partial charge in [-0.2, -0.15) is 0 Å². The van der Waals surface area contributed by atoms with Gasteiger partial charge in [-0.1, -0.05) is 12.1 Å². The number of nitrogens with zero attached hydrogens (tertiary/aromatic N) is 6. The molecule has 0 amide bonds. The highest BCUT2D eigenvalue weighted by Gasteiger charge is 2.20. The van der Waals surface area contributed by atoms with E-state index in [2.05, 4.69) is 60.8 Å². The van der Waals surface area contributed by atoms with Crippen LogP contribution in [0.4, 0.5) is 10.8 Å². The number of aliphatic imine (C=N–C) groups is 1. The summed E-state index contributed by atoms with van der Waals surface area (Å²) >= 11 is 1.70. The Labute approximate surface area is 213 Å². The molecule has 0 saturated carbocycles. The topological polar surface area (TPSA) is 64.2 Å². The number of hydrogen-bond acceptors (Lipinski definition) is 6. The van der Waals surface area contributed by atoms with Gasteiger partial charge in [-0.15, -0.1) is 35.3 Å². The highest BCUT2D eigenvalue weighted by atomic mass is 127. The summed E-state index contributed by atoms with van der Waals surface area (Å²) in [4.78, 5) is 18.7. The summed E-state index contributed by atoms with van der Waals surface area (Å²) in [6.07, 6.45) is 4.14. The largest absolute Gasteiger partial charge is 0.370 e. The van der Waals surface area contributed by atoms with E-state index in [1.54, 1.807) is 11.3 Å². The molecule has 3 heterocycles. The molecule has 0 aliphatic carbocycles. The molecule has 2 aromatic rings. The van der Waals surface area contributed by atoms with E-state index in [1.807, 2.05) is 11.6 Å². The van der Waals surface area contributed by atoms with Crippen molar-refractivity contribution in [3.8, 4) is 0 Å². The Morgan fingerprint density at radius 1 is 1.03 bits per heavy atom. The van der Waals surface area contributed by atoms with Crippen molar-refractivity contribution in [1.29, 1.82) is 0 Å². The predicted octanol–water partition coefficient (Wildman–Crippen LogP) is 3.11. The minimum atomic E-state index is 0. The van der Waals surface area contributed by atoms with Gasteiger partial charge in [-0.3, -0.25) is 9.89 Å². The predicted molar refractivity (Wildman–Crippen MR) is 147 cm³/mol. The van der Waals surface area contributed by atoms with Crippen molar-refractivity contribution >= 4 is 52.1 Å². The summed E-state index contributed by atoms with van der Waals surface area (Å²) in [6, 6.07) is 8.84. The Morgan fingerprint density at radius 3 is 2.47 bits per heavy atom. The summed E-state index contributed by atoms with van der Waals surface area (Å²) in [7, 11) is 0. The van der Waals surface area contributed by atoms with Gasteiger partial charge in [-0.05, 0) is 44.0 Å². The van der Waals surface area contributed by atoms with Crippen molar-refractivity contribution in [2.24, 2.45) is 10.7 Å². The summed E-state index contributed by atoms with van der Waals surface area (Å²) in [6.45, 7) is 12.4. The number of guanidine groups is 1. The van der Waals surface area contributed by atoms with Gasteiger partial charge in [0.1, 0.15) is 0 Å². The van der Waals surface area contributed by atoms with Crippen LogP contribution in [0, 0.1) is 6.92 Å². The second kappa shape index (κ2) is 12.6. The molecule has 4 rings (SSSR count). The van der Waals surface area contributed by atoms with Crippen LogP contribution in [-0.2, 0) is 0 Å². The first-order chi connectivity index (χ1) is 15.2. The first kappa shape index (κ1) is 25.0. The smallest absolute Gasteiger partial charge is 0.191 e. The minimum Gasteiger partial charge on any atom is -0.370 e. The lowest BCUT2D eigenvalue weighted by molar-refractivity contribution is 0.253. The number of unbranched alkanes of at least 4 members (excludes halogenated alkanes) is 1. The number of hydrogen-bond donors (Lipinski definition) is 1. The maximum atomic E-state index is 6.25. The fourth-order valence-electron chi connectivity index (χ4n) is 4.29. The molecule has 2 saturated heterocycles. The van der Waals surface area contributed by atoms with E-state index in [0.29, 0.717) is 5.96 Å². The van der Waals surface area contributed by atoms with Gasteiger partial charge in [0.25, 0.3) is 0 Å². The fraction of sp³-hybridized carbons (Fsp3) is 0.565. The number of aromatic nitrogens is 1. The zero-order valence-electron chi connectivity index (χ0n) is 19.0. The molecule has 2 aliphatic heterocycles. The molecule has 2 aliphatic rings. The molecule has 0 bridgehead atoms. The average molecular weight is 570 g/mol. The van der Waals surface area contributed by atoms with E-state index in [1.165, 1.54) is 17.7 Å². The number of thiazole rings is 1. The molecule has 0 atom stereocenters. The Balaban J connectivity index is 0.00000289. The number of piperazine rings is 2. The lowest BCUT2D eigenvalue weighted by atomic mass is 10.2. The molecule has 0 radical (unpaired) electrons. The van der Waals surface area contributed by atoms with E-state index < -0.39 is 0 Å². The Hall–Kier alpha value is -1.59. The molecule has 176 valence electrons. The lowest BCUT2D eigenvalue weighted by Crippen LogP contribution is -2.51. The van der Waals surface area contributed by atoms with E-state index in [4.69, 9.17) is 5.73 Å². The zero-order valence-corrected chi connectivity index (χ0v) is 22.2. The van der Waals surface area contributed by atoms with Crippen molar-refractivity contribution in [2.75, 3.05) is 75.2 Å². The molecule has 2 fully saturated rings. The first-order valence-electron chi connectivity index (χ1n) is 11.4. The number of nitrogens with two attached hydrogens (primary N) is 1. The monoisotopic (exact) mass is 569 g/mol. The van der Waals surface area contributed by atoms with Crippen molar-refractivity contribution in [2.45, 2.75) is 19.8 Å². The van der Waals surface area contributed by atoms with Crippen LogP contribution in [0.1, 0.15) is 18.4 Å². The summed E-state index contributed by atoms with van der Waals surface area (Å²) in [5.74, 6) is 0.700. The summed E-state index contributed by atoms with van der Waals surface area (Å²) in [5, 5.41) is 3.14. The second-order valence-electron chi connectivity index (χ2n) is 8.40. The summed E-state index contributed by atoms with van der Waals surface area (Å²) < 4.78 is 0. The zero-order chi connectivity index (χ0) is 21.5. The standard InChI is InChI=1S/C23H35N7S.HI/c1-20-5-4-6-21(19-20)28-12-10-27(11-13-28)9-3-2-7-25-22(24)29-14-16-30(17-15-29)23-26-8-18-31-23;/h4-6,8,18-19H,2-3,7,9-17H2,1H3,(H2,24,25);1H. The SMILES string of the molecule is Cc1cccc(N2CCN(CCCCN=C(N)N3CCN(c4nccs4)CC3)CC2)c1.I. The van der Waals surface area contributed by atoms with Crippen LogP contribution in [0.2, 0.25) is 0 Å². The van der Waals surface area contributed by atoms with Gasteiger partial charge in [0.05, 0.1) is 0 Å².